The van der Waals surface area contributed by atoms with Gasteiger partial charge in [-0.3, -0.25) is 14.4 Å². The summed E-state index contributed by atoms with van der Waals surface area (Å²) in [7, 11) is 0. The van der Waals surface area contributed by atoms with Crippen LogP contribution in [0, 0.1) is 23.7 Å². The van der Waals surface area contributed by atoms with E-state index in [1.807, 2.05) is 53.5 Å². The molecule has 6 rings (SSSR count). The summed E-state index contributed by atoms with van der Waals surface area (Å²) in [4.78, 5) is 42.1. The fraction of sp³-hybridized carbons (Fsp3) is 0.464. The molecule has 0 unspecified atom stereocenters. The predicted molar refractivity (Wildman–Crippen MR) is 132 cm³/mol. The molecule has 2 aliphatic heterocycles. The summed E-state index contributed by atoms with van der Waals surface area (Å²) in [5.74, 6) is -0.493. The second kappa shape index (κ2) is 8.79. The van der Waals surface area contributed by atoms with E-state index in [4.69, 9.17) is 0 Å². The van der Waals surface area contributed by atoms with Gasteiger partial charge in [-0.05, 0) is 55.4 Å². The highest BCUT2D eigenvalue weighted by Gasteiger charge is 2.58. The van der Waals surface area contributed by atoms with Gasteiger partial charge in [0.05, 0.1) is 18.0 Å². The highest BCUT2D eigenvalue weighted by atomic mass is 16.3. The fourth-order valence-electron chi connectivity index (χ4n) is 5.83. The number of nitrogens with one attached hydrogen (secondary N) is 1. The summed E-state index contributed by atoms with van der Waals surface area (Å²) in [6, 6.07) is 12.6. The number of benzene rings is 1. The molecular weight excluding hydrogens is 442 g/mol. The molecule has 2 aromatic rings. The van der Waals surface area contributed by atoms with Gasteiger partial charge >= 0.3 is 0 Å². The third-order valence-electron chi connectivity index (χ3n) is 8.07. The van der Waals surface area contributed by atoms with E-state index in [-0.39, 0.29) is 35.9 Å². The van der Waals surface area contributed by atoms with Crippen LogP contribution in [0.1, 0.15) is 48.5 Å². The van der Waals surface area contributed by atoms with Crippen LogP contribution in [0.2, 0.25) is 0 Å². The van der Waals surface area contributed by atoms with Gasteiger partial charge in [-0.1, -0.05) is 36.4 Å². The second-order valence-electron chi connectivity index (χ2n) is 10.5. The lowest BCUT2D eigenvalue weighted by molar-refractivity contribution is -0.138. The topological polar surface area (TPSA) is 91.6 Å². The van der Waals surface area contributed by atoms with Gasteiger partial charge in [0.25, 0.3) is 5.56 Å². The van der Waals surface area contributed by atoms with Crippen molar-refractivity contribution in [3.63, 3.8) is 0 Å². The Morgan fingerprint density at radius 3 is 2.49 bits per heavy atom. The quantitative estimate of drug-likeness (QED) is 0.646. The first-order valence-corrected chi connectivity index (χ1v) is 12.7. The maximum atomic E-state index is 13.5. The molecule has 0 radical (unpaired) electrons. The Labute approximate surface area is 204 Å². The van der Waals surface area contributed by atoms with E-state index in [9.17, 15) is 19.5 Å². The molecule has 0 spiro atoms. The summed E-state index contributed by atoms with van der Waals surface area (Å²) in [6.07, 6.45) is 7.72. The number of carbonyl (C=O) groups excluding carboxylic acids is 2. The van der Waals surface area contributed by atoms with Crippen LogP contribution < -0.4 is 10.9 Å². The van der Waals surface area contributed by atoms with Gasteiger partial charge in [-0.2, -0.15) is 0 Å². The minimum Gasteiger partial charge on any atom is -0.396 e. The molecule has 1 aromatic carbocycles. The molecule has 2 aliphatic carbocycles. The van der Waals surface area contributed by atoms with Crippen molar-refractivity contribution in [2.24, 2.45) is 23.7 Å². The molecule has 182 valence electrons. The molecule has 2 amide bonds. The van der Waals surface area contributed by atoms with Gasteiger partial charge in [0, 0.05) is 42.8 Å². The first kappa shape index (κ1) is 22.3. The minimum absolute atomic E-state index is 0.000955. The number of carbonyl (C=O) groups is 2. The predicted octanol–water partition coefficient (Wildman–Crippen LogP) is 2.45. The van der Waals surface area contributed by atoms with Crippen molar-refractivity contribution in [1.29, 1.82) is 0 Å². The van der Waals surface area contributed by atoms with Crippen LogP contribution in [0.5, 0.6) is 0 Å². The number of hydrogen-bond donors (Lipinski definition) is 2. The number of aliphatic hydroxyl groups excluding tert-OH is 1. The number of hydrogen-bond acceptors (Lipinski definition) is 4. The largest absolute Gasteiger partial charge is 0.396 e. The van der Waals surface area contributed by atoms with Crippen LogP contribution in [-0.2, 0) is 16.1 Å². The van der Waals surface area contributed by atoms with Gasteiger partial charge in [-0.25, -0.2) is 0 Å². The highest BCUT2D eigenvalue weighted by Crippen LogP contribution is 2.50. The Morgan fingerprint density at radius 2 is 1.80 bits per heavy atom. The van der Waals surface area contributed by atoms with E-state index < -0.39 is 17.9 Å². The number of pyridine rings is 1. The smallest absolute Gasteiger partial charge is 0.258 e. The van der Waals surface area contributed by atoms with Crippen LogP contribution in [-0.4, -0.2) is 45.6 Å². The molecule has 2 bridgehead atoms. The number of fused-ring (bicyclic) bond motifs is 4. The van der Waals surface area contributed by atoms with Crippen LogP contribution >= 0.6 is 0 Å². The standard InChI is InChI=1S/C28H31N3O4/c32-16-21-23-15-30-22(13-12-19(27(30)34)9-8-17-4-2-1-3-5-17)25(31(23)28(35)20-10-11-20)24(21)26(33)29-14-18-6-7-18/h1-5,8-9,12-13,18,20-21,23-25,32H,6-7,10-11,14-16H2,(H,29,33)/b9-8+/t21-,23-,24+,25+/m1/s1. The van der Waals surface area contributed by atoms with Crippen molar-refractivity contribution in [3.05, 3.63) is 69.6 Å². The number of aliphatic hydroxyl groups is 1. The van der Waals surface area contributed by atoms with Gasteiger partial charge in [0.15, 0.2) is 0 Å². The summed E-state index contributed by atoms with van der Waals surface area (Å²) in [5.41, 5.74) is 2.14. The Bertz CT molecular complexity index is 1230. The van der Waals surface area contributed by atoms with Crippen molar-refractivity contribution in [2.45, 2.75) is 44.3 Å². The molecule has 7 nitrogen and oxygen atoms in total. The molecule has 1 saturated heterocycles. The van der Waals surface area contributed by atoms with E-state index in [1.165, 1.54) is 0 Å². The molecule has 4 aliphatic rings. The SMILES string of the molecule is O=C(NCC1CC1)[C@H]1[C@H](CO)[C@H]2Cn3c(ccc(/C=C/c4ccccc4)c3=O)[C@@H]1N2C(=O)C1CC1. The van der Waals surface area contributed by atoms with Crippen molar-refractivity contribution in [2.75, 3.05) is 13.2 Å². The third-order valence-corrected chi connectivity index (χ3v) is 8.07. The van der Waals surface area contributed by atoms with E-state index in [2.05, 4.69) is 5.32 Å². The zero-order chi connectivity index (χ0) is 24.1. The Morgan fingerprint density at radius 1 is 1.03 bits per heavy atom. The molecule has 7 heteroatoms. The molecule has 4 atom stereocenters. The molecular formula is C28H31N3O4. The molecule has 2 saturated carbocycles. The van der Waals surface area contributed by atoms with E-state index in [0.717, 1.165) is 31.2 Å². The summed E-state index contributed by atoms with van der Waals surface area (Å²) in [5, 5.41) is 13.4. The number of aromatic nitrogens is 1. The molecule has 1 aromatic heterocycles. The summed E-state index contributed by atoms with van der Waals surface area (Å²) < 4.78 is 1.73. The molecule has 35 heavy (non-hydrogen) atoms. The van der Waals surface area contributed by atoms with E-state index in [1.54, 1.807) is 10.6 Å². The molecule has 3 fully saturated rings. The van der Waals surface area contributed by atoms with Gasteiger partial charge < -0.3 is 19.9 Å². The lowest BCUT2D eigenvalue weighted by atomic mass is 9.86. The Kier molecular flexibility index (Phi) is 5.60. The number of rotatable bonds is 7. The lowest BCUT2D eigenvalue weighted by Crippen LogP contribution is -2.49. The first-order valence-electron chi connectivity index (χ1n) is 12.7. The van der Waals surface area contributed by atoms with Crippen LogP contribution in [0.4, 0.5) is 0 Å². The average molecular weight is 474 g/mol. The normalized spacial score (nSPS) is 27.2. The van der Waals surface area contributed by atoms with E-state index in [0.29, 0.717) is 30.3 Å². The number of amides is 2. The minimum atomic E-state index is -0.565. The zero-order valence-corrected chi connectivity index (χ0v) is 19.7. The summed E-state index contributed by atoms with van der Waals surface area (Å²) in [6.45, 7) is 0.742. The monoisotopic (exact) mass is 473 g/mol. The van der Waals surface area contributed by atoms with Crippen LogP contribution in [0.25, 0.3) is 12.2 Å². The van der Waals surface area contributed by atoms with Gasteiger partial charge in [-0.15, -0.1) is 0 Å². The average Bonchev–Trinajstić information content (AvgIpc) is 3.79. The summed E-state index contributed by atoms with van der Waals surface area (Å²) >= 11 is 0. The number of nitrogens with zero attached hydrogens (tertiary/aromatic N) is 2. The van der Waals surface area contributed by atoms with Crippen molar-refractivity contribution in [3.8, 4) is 0 Å². The first-order chi connectivity index (χ1) is 17.1. The highest BCUT2D eigenvalue weighted by molar-refractivity contribution is 5.86. The molecule has 2 N–H and O–H groups in total. The van der Waals surface area contributed by atoms with Crippen molar-refractivity contribution < 1.29 is 14.7 Å². The Balaban J connectivity index is 1.38. The zero-order valence-electron chi connectivity index (χ0n) is 19.7. The Hall–Kier alpha value is -3.19. The van der Waals surface area contributed by atoms with Gasteiger partial charge in [0.2, 0.25) is 11.8 Å². The van der Waals surface area contributed by atoms with Crippen molar-refractivity contribution in [1.82, 2.24) is 14.8 Å². The van der Waals surface area contributed by atoms with Crippen molar-refractivity contribution >= 4 is 24.0 Å². The van der Waals surface area contributed by atoms with Crippen LogP contribution in [0.15, 0.2) is 47.3 Å². The molecule has 3 heterocycles. The second-order valence-corrected chi connectivity index (χ2v) is 10.5. The third kappa shape index (κ3) is 4.01. The maximum Gasteiger partial charge on any atom is 0.258 e. The maximum absolute atomic E-state index is 13.5. The van der Waals surface area contributed by atoms with Gasteiger partial charge in [0.1, 0.15) is 0 Å². The lowest BCUT2D eigenvalue weighted by Gasteiger charge is -2.38. The van der Waals surface area contributed by atoms with E-state index >= 15 is 0 Å². The van der Waals surface area contributed by atoms with Crippen LogP contribution in [0.3, 0.4) is 0 Å². The fourth-order valence-corrected chi connectivity index (χ4v) is 5.83.